The number of nitrogens with one attached hydrogen (secondary N) is 1. The number of nitrogens with zero attached hydrogens (tertiary/aromatic N) is 1. The number of piperidine rings is 1. The Labute approximate surface area is 161 Å². The highest BCUT2D eigenvalue weighted by Crippen LogP contribution is 2.40. The van der Waals surface area contributed by atoms with Gasteiger partial charge in [0, 0.05) is 45.9 Å². The van der Waals surface area contributed by atoms with Gasteiger partial charge in [0.1, 0.15) is 5.75 Å². The first-order chi connectivity index (χ1) is 13.1. The van der Waals surface area contributed by atoms with Gasteiger partial charge in [-0.25, -0.2) is 0 Å². The van der Waals surface area contributed by atoms with E-state index >= 15 is 0 Å². The van der Waals surface area contributed by atoms with Crippen molar-refractivity contribution in [3.63, 3.8) is 0 Å². The van der Waals surface area contributed by atoms with Crippen molar-refractivity contribution >= 4 is 11.8 Å². The molecule has 2 rings (SSSR count). The van der Waals surface area contributed by atoms with Crippen LogP contribution in [0.1, 0.15) is 30.9 Å². The topological polar surface area (TPSA) is 77.1 Å². The Morgan fingerprint density at radius 3 is 2.63 bits per heavy atom. The highest BCUT2D eigenvalue weighted by molar-refractivity contribution is 5.85. The normalized spacial score (nSPS) is 19.8. The summed E-state index contributed by atoms with van der Waals surface area (Å²) in [5.41, 5.74) is 0.848. The first-order valence-electron chi connectivity index (χ1n) is 9.32. The van der Waals surface area contributed by atoms with Crippen molar-refractivity contribution in [2.75, 3.05) is 47.6 Å². The lowest BCUT2D eigenvalue weighted by Crippen LogP contribution is -2.49. The number of likely N-dealkylation sites (tertiary alicyclic amines) is 1. The fraction of sp³-hybridized carbons (Fsp3) is 0.600. The Morgan fingerprint density at radius 1 is 1.19 bits per heavy atom. The summed E-state index contributed by atoms with van der Waals surface area (Å²) >= 11 is 0. The maximum absolute atomic E-state index is 12.9. The molecule has 2 amide bonds. The van der Waals surface area contributed by atoms with Gasteiger partial charge in [0.05, 0.1) is 25.7 Å². The molecule has 1 aromatic carbocycles. The summed E-state index contributed by atoms with van der Waals surface area (Å²) in [6.45, 7) is 2.00. The molecular weight excluding hydrogens is 348 g/mol. The molecule has 7 heteroatoms. The number of methoxy groups -OCH3 is 3. The standard InChI is InChI=1S/C20H30N2O5/c1-25-13-6-11-21-20(24)16-9-10-18(23)22(12-14-26-2)19(16)15-7-4-5-8-17(15)27-3/h4-5,7-8,16,19H,6,9-14H2,1-3H3,(H,21,24)/t16-,19+/m1/s1. The van der Waals surface area contributed by atoms with Crippen LogP contribution in [0.2, 0.25) is 0 Å². The van der Waals surface area contributed by atoms with Crippen LogP contribution in [0.3, 0.4) is 0 Å². The van der Waals surface area contributed by atoms with Crippen molar-refractivity contribution in [2.24, 2.45) is 5.92 Å². The molecule has 27 heavy (non-hydrogen) atoms. The van der Waals surface area contributed by atoms with Gasteiger partial charge in [0.15, 0.2) is 0 Å². The summed E-state index contributed by atoms with van der Waals surface area (Å²) in [5, 5.41) is 2.99. The van der Waals surface area contributed by atoms with Gasteiger partial charge in [-0.3, -0.25) is 9.59 Å². The van der Waals surface area contributed by atoms with E-state index in [0.29, 0.717) is 44.9 Å². The van der Waals surface area contributed by atoms with Gasteiger partial charge in [-0.15, -0.1) is 0 Å². The molecule has 1 heterocycles. The van der Waals surface area contributed by atoms with Gasteiger partial charge in [-0.2, -0.15) is 0 Å². The summed E-state index contributed by atoms with van der Waals surface area (Å²) < 4.78 is 15.7. The lowest BCUT2D eigenvalue weighted by molar-refractivity contribution is -0.144. The van der Waals surface area contributed by atoms with E-state index in [4.69, 9.17) is 14.2 Å². The molecule has 1 N–H and O–H groups in total. The molecule has 0 aromatic heterocycles. The summed E-state index contributed by atoms with van der Waals surface area (Å²) in [6, 6.07) is 7.19. The van der Waals surface area contributed by atoms with Crippen molar-refractivity contribution in [1.82, 2.24) is 10.2 Å². The second-order valence-electron chi connectivity index (χ2n) is 6.55. The molecular formula is C20H30N2O5. The molecule has 1 aliphatic heterocycles. The van der Waals surface area contributed by atoms with E-state index in [2.05, 4.69) is 5.32 Å². The number of carbonyl (C=O) groups is 2. The highest BCUT2D eigenvalue weighted by atomic mass is 16.5. The van der Waals surface area contributed by atoms with E-state index < -0.39 is 0 Å². The van der Waals surface area contributed by atoms with Gasteiger partial charge in [-0.05, 0) is 18.9 Å². The zero-order chi connectivity index (χ0) is 19.6. The minimum absolute atomic E-state index is 0.0337. The van der Waals surface area contributed by atoms with Crippen molar-refractivity contribution in [3.8, 4) is 5.75 Å². The lowest BCUT2D eigenvalue weighted by Gasteiger charge is -2.41. The lowest BCUT2D eigenvalue weighted by atomic mass is 9.83. The second kappa shape index (κ2) is 10.9. The van der Waals surface area contributed by atoms with Crippen LogP contribution in [-0.2, 0) is 19.1 Å². The van der Waals surface area contributed by atoms with Crippen LogP contribution >= 0.6 is 0 Å². The molecule has 0 radical (unpaired) electrons. The largest absolute Gasteiger partial charge is 0.496 e. The SMILES string of the molecule is COCCCNC(=O)[C@@H]1CCC(=O)N(CCOC)[C@H]1c1ccccc1OC. The fourth-order valence-electron chi connectivity index (χ4n) is 3.54. The highest BCUT2D eigenvalue weighted by Gasteiger charge is 2.41. The minimum Gasteiger partial charge on any atom is -0.496 e. The molecule has 1 aromatic rings. The van der Waals surface area contributed by atoms with E-state index in [9.17, 15) is 9.59 Å². The maximum atomic E-state index is 12.9. The average Bonchev–Trinajstić information content (AvgIpc) is 2.69. The number of hydrogen-bond donors (Lipinski definition) is 1. The summed E-state index contributed by atoms with van der Waals surface area (Å²) in [5.74, 6) is 0.332. The molecule has 1 saturated heterocycles. The van der Waals surface area contributed by atoms with Crippen LogP contribution in [0.15, 0.2) is 24.3 Å². The van der Waals surface area contributed by atoms with Crippen molar-refractivity contribution in [3.05, 3.63) is 29.8 Å². The number of ether oxygens (including phenoxy) is 3. The Balaban J connectivity index is 2.29. The molecule has 2 atom stereocenters. The predicted octanol–water partition coefficient (Wildman–Crippen LogP) is 1.77. The van der Waals surface area contributed by atoms with E-state index in [-0.39, 0.29) is 23.8 Å². The Kier molecular flexibility index (Phi) is 8.54. The summed E-state index contributed by atoms with van der Waals surface area (Å²) in [4.78, 5) is 27.3. The van der Waals surface area contributed by atoms with Crippen LogP contribution in [0.5, 0.6) is 5.75 Å². The molecule has 7 nitrogen and oxygen atoms in total. The first-order valence-corrected chi connectivity index (χ1v) is 9.32. The predicted molar refractivity (Wildman–Crippen MR) is 102 cm³/mol. The molecule has 0 spiro atoms. The monoisotopic (exact) mass is 378 g/mol. The number of hydrogen-bond acceptors (Lipinski definition) is 5. The van der Waals surface area contributed by atoms with Crippen molar-refractivity contribution in [1.29, 1.82) is 0 Å². The quantitative estimate of drug-likeness (QED) is 0.628. The van der Waals surface area contributed by atoms with Crippen LogP contribution < -0.4 is 10.1 Å². The smallest absolute Gasteiger partial charge is 0.225 e. The Hall–Kier alpha value is -2.12. The van der Waals surface area contributed by atoms with Gasteiger partial charge in [0.2, 0.25) is 11.8 Å². The maximum Gasteiger partial charge on any atom is 0.225 e. The van der Waals surface area contributed by atoms with Gasteiger partial charge in [-0.1, -0.05) is 18.2 Å². The van der Waals surface area contributed by atoms with Crippen molar-refractivity contribution < 1.29 is 23.8 Å². The zero-order valence-electron chi connectivity index (χ0n) is 16.4. The average molecular weight is 378 g/mol. The van der Waals surface area contributed by atoms with E-state index in [1.807, 2.05) is 24.3 Å². The number of amides is 2. The van der Waals surface area contributed by atoms with E-state index in [1.165, 1.54) is 0 Å². The third-order valence-electron chi connectivity index (χ3n) is 4.86. The molecule has 0 aliphatic carbocycles. The van der Waals surface area contributed by atoms with E-state index in [1.54, 1.807) is 26.2 Å². The second-order valence-corrected chi connectivity index (χ2v) is 6.55. The molecule has 0 bridgehead atoms. The number of benzene rings is 1. The summed E-state index contributed by atoms with van der Waals surface area (Å²) in [7, 11) is 4.84. The van der Waals surface area contributed by atoms with E-state index in [0.717, 1.165) is 12.0 Å². The third-order valence-corrected chi connectivity index (χ3v) is 4.86. The molecule has 1 fully saturated rings. The fourth-order valence-corrected chi connectivity index (χ4v) is 3.54. The first kappa shape index (κ1) is 21.2. The molecule has 150 valence electrons. The minimum atomic E-state index is -0.375. The Morgan fingerprint density at radius 2 is 1.93 bits per heavy atom. The van der Waals surface area contributed by atoms with Crippen molar-refractivity contribution in [2.45, 2.75) is 25.3 Å². The van der Waals surface area contributed by atoms with Crippen LogP contribution in [0.4, 0.5) is 0 Å². The molecule has 0 unspecified atom stereocenters. The summed E-state index contributed by atoms with van der Waals surface area (Å²) in [6.07, 6.45) is 1.62. The van der Waals surface area contributed by atoms with Gasteiger partial charge < -0.3 is 24.4 Å². The van der Waals surface area contributed by atoms with Crippen LogP contribution in [-0.4, -0.2) is 64.3 Å². The van der Waals surface area contributed by atoms with Crippen LogP contribution in [0.25, 0.3) is 0 Å². The molecule has 0 saturated carbocycles. The number of rotatable bonds is 10. The van der Waals surface area contributed by atoms with Gasteiger partial charge >= 0.3 is 0 Å². The molecule has 1 aliphatic rings. The Bertz CT molecular complexity index is 622. The van der Waals surface area contributed by atoms with Gasteiger partial charge in [0.25, 0.3) is 0 Å². The van der Waals surface area contributed by atoms with Crippen LogP contribution in [0, 0.1) is 5.92 Å². The number of carbonyl (C=O) groups excluding carboxylic acids is 2. The third kappa shape index (κ3) is 5.43. The zero-order valence-corrected chi connectivity index (χ0v) is 16.4. The number of para-hydroxylation sites is 1.